The monoisotopic (exact) mass is 310 g/mol. The number of hydrogen-bond acceptors (Lipinski definition) is 6. The fourth-order valence-corrected chi connectivity index (χ4v) is 2.07. The molecule has 1 aromatic rings. The molecule has 1 aromatic carbocycles. The van der Waals surface area contributed by atoms with Crippen LogP contribution in [-0.2, 0) is 16.0 Å². The van der Waals surface area contributed by atoms with E-state index in [0.717, 1.165) is 0 Å². The average Bonchev–Trinajstić information content (AvgIpc) is 2.48. The van der Waals surface area contributed by atoms with E-state index in [-0.39, 0.29) is 17.4 Å². The molecule has 0 spiro atoms. The molecule has 22 heavy (non-hydrogen) atoms. The van der Waals surface area contributed by atoms with E-state index in [4.69, 9.17) is 9.47 Å². The second-order valence-electron chi connectivity index (χ2n) is 4.56. The molecule has 0 aliphatic carbocycles. The van der Waals surface area contributed by atoms with Gasteiger partial charge in [-0.3, -0.25) is 14.9 Å². The van der Waals surface area contributed by atoms with Crippen LogP contribution in [0.25, 0.3) is 0 Å². The summed E-state index contributed by atoms with van der Waals surface area (Å²) in [5, 5.41) is 14.1. The number of nitro benzene ring substituents is 1. The summed E-state index contributed by atoms with van der Waals surface area (Å²) in [6.07, 6.45) is 0.319. The van der Waals surface area contributed by atoms with Crippen molar-refractivity contribution in [3.8, 4) is 5.75 Å². The predicted octanol–water partition coefficient (Wildman–Crippen LogP) is 2.08. The molecular weight excluding hydrogens is 288 g/mol. The molecule has 0 aromatic heterocycles. The van der Waals surface area contributed by atoms with Crippen LogP contribution in [0.15, 0.2) is 18.2 Å². The zero-order valence-electron chi connectivity index (χ0n) is 13.1. The Bertz CT molecular complexity index is 519. The number of carbonyl (C=O) groups excluding carboxylic acids is 1. The van der Waals surface area contributed by atoms with Crippen molar-refractivity contribution in [2.45, 2.75) is 33.2 Å². The van der Waals surface area contributed by atoms with E-state index in [9.17, 15) is 14.9 Å². The van der Waals surface area contributed by atoms with Crippen molar-refractivity contribution in [1.29, 1.82) is 0 Å². The highest BCUT2D eigenvalue weighted by molar-refractivity contribution is 5.76. The van der Waals surface area contributed by atoms with Crippen LogP contribution in [0.1, 0.15) is 26.3 Å². The normalized spacial score (nSPS) is 11.8. The maximum absolute atomic E-state index is 11.9. The summed E-state index contributed by atoms with van der Waals surface area (Å²) >= 11 is 0. The van der Waals surface area contributed by atoms with Crippen molar-refractivity contribution in [2.75, 3.05) is 19.8 Å². The highest BCUT2D eigenvalue weighted by Gasteiger charge is 2.22. The average molecular weight is 310 g/mol. The molecule has 0 heterocycles. The standard InChI is InChI=1S/C15H22N2O5/c1-4-16-12(15(18)22-6-3)9-11-7-8-14(21-5-2)13(10-11)17(19)20/h7-8,10,12,16H,4-6,9H2,1-3H3. The van der Waals surface area contributed by atoms with E-state index in [0.29, 0.717) is 31.7 Å². The molecule has 7 nitrogen and oxygen atoms in total. The van der Waals surface area contributed by atoms with Gasteiger partial charge in [0.25, 0.3) is 0 Å². The molecule has 0 fully saturated rings. The molecule has 0 saturated heterocycles. The maximum Gasteiger partial charge on any atom is 0.323 e. The minimum absolute atomic E-state index is 0.0987. The summed E-state index contributed by atoms with van der Waals surface area (Å²) in [6, 6.07) is 4.20. The first-order chi connectivity index (χ1) is 10.5. The third-order valence-electron chi connectivity index (χ3n) is 2.98. The number of ether oxygens (including phenoxy) is 2. The van der Waals surface area contributed by atoms with Gasteiger partial charge >= 0.3 is 11.7 Å². The van der Waals surface area contributed by atoms with Crippen LogP contribution in [0, 0.1) is 10.1 Å². The molecular formula is C15H22N2O5. The van der Waals surface area contributed by atoms with Gasteiger partial charge in [-0.2, -0.15) is 0 Å². The summed E-state index contributed by atoms with van der Waals surface area (Å²) in [4.78, 5) is 22.5. The largest absolute Gasteiger partial charge is 0.487 e. The van der Waals surface area contributed by atoms with E-state index >= 15 is 0 Å². The Balaban J connectivity index is 2.97. The number of esters is 1. The van der Waals surface area contributed by atoms with Crippen LogP contribution in [-0.4, -0.2) is 36.7 Å². The molecule has 0 aliphatic rings. The Kier molecular flexibility index (Phi) is 7.31. The van der Waals surface area contributed by atoms with Gasteiger partial charge in [-0.25, -0.2) is 0 Å². The number of hydrogen-bond donors (Lipinski definition) is 1. The van der Waals surface area contributed by atoms with Crippen LogP contribution >= 0.6 is 0 Å². The lowest BCUT2D eigenvalue weighted by Crippen LogP contribution is -2.39. The van der Waals surface area contributed by atoms with Crippen molar-refractivity contribution in [2.24, 2.45) is 0 Å². The van der Waals surface area contributed by atoms with Crippen molar-refractivity contribution < 1.29 is 19.2 Å². The smallest absolute Gasteiger partial charge is 0.323 e. The molecule has 0 amide bonds. The van der Waals surface area contributed by atoms with E-state index in [1.54, 1.807) is 26.0 Å². The van der Waals surface area contributed by atoms with Gasteiger partial charge in [-0.15, -0.1) is 0 Å². The molecule has 1 N–H and O–H groups in total. The molecule has 0 bridgehead atoms. The Morgan fingerprint density at radius 3 is 2.59 bits per heavy atom. The van der Waals surface area contributed by atoms with E-state index in [1.807, 2.05) is 6.92 Å². The lowest BCUT2D eigenvalue weighted by molar-refractivity contribution is -0.385. The molecule has 0 radical (unpaired) electrons. The summed E-state index contributed by atoms with van der Waals surface area (Å²) < 4.78 is 10.3. The van der Waals surface area contributed by atoms with E-state index in [1.165, 1.54) is 6.07 Å². The fourth-order valence-electron chi connectivity index (χ4n) is 2.07. The number of nitrogens with one attached hydrogen (secondary N) is 1. The highest BCUT2D eigenvalue weighted by Crippen LogP contribution is 2.28. The minimum Gasteiger partial charge on any atom is -0.487 e. The molecule has 0 saturated carbocycles. The molecule has 1 rings (SSSR count). The Hall–Kier alpha value is -2.15. The van der Waals surface area contributed by atoms with E-state index in [2.05, 4.69) is 5.32 Å². The number of nitro groups is 1. The van der Waals surface area contributed by atoms with Crippen LogP contribution < -0.4 is 10.1 Å². The molecule has 7 heteroatoms. The van der Waals surface area contributed by atoms with Crippen LogP contribution in [0.4, 0.5) is 5.69 Å². The van der Waals surface area contributed by atoms with Crippen LogP contribution in [0.5, 0.6) is 5.75 Å². The zero-order valence-corrected chi connectivity index (χ0v) is 13.1. The van der Waals surface area contributed by atoms with Gasteiger partial charge in [0, 0.05) is 6.07 Å². The maximum atomic E-state index is 11.9. The third kappa shape index (κ3) is 5.00. The Morgan fingerprint density at radius 1 is 1.32 bits per heavy atom. The first-order valence-electron chi connectivity index (χ1n) is 7.33. The molecule has 1 unspecified atom stereocenters. The van der Waals surface area contributed by atoms with E-state index < -0.39 is 11.0 Å². The number of carbonyl (C=O) groups is 1. The number of likely N-dealkylation sites (N-methyl/N-ethyl adjacent to an activating group) is 1. The molecule has 0 aliphatic heterocycles. The quantitative estimate of drug-likeness (QED) is 0.426. The minimum atomic E-state index is -0.525. The predicted molar refractivity (Wildman–Crippen MR) is 82.1 cm³/mol. The van der Waals surface area contributed by atoms with Gasteiger partial charge in [0.05, 0.1) is 18.1 Å². The second kappa shape index (κ2) is 8.99. The number of nitrogens with zero attached hydrogens (tertiary/aromatic N) is 1. The summed E-state index contributed by atoms with van der Waals surface area (Å²) in [7, 11) is 0. The van der Waals surface area contributed by atoms with Crippen molar-refractivity contribution in [3.63, 3.8) is 0 Å². The topological polar surface area (TPSA) is 90.7 Å². The summed E-state index contributed by atoms with van der Waals surface area (Å²) in [5.41, 5.74) is 0.576. The summed E-state index contributed by atoms with van der Waals surface area (Å²) in [5.74, 6) is -0.131. The lowest BCUT2D eigenvalue weighted by Gasteiger charge is -2.16. The zero-order chi connectivity index (χ0) is 16.5. The SMILES string of the molecule is CCNC(Cc1ccc(OCC)c([N+](=O)[O-])c1)C(=O)OCC. The van der Waals surface area contributed by atoms with Gasteiger partial charge in [-0.05, 0) is 38.4 Å². The first-order valence-corrected chi connectivity index (χ1v) is 7.33. The van der Waals surface area contributed by atoms with Gasteiger partial charge in [0.15, 0.2) is 5.75 Å². The van der Waals surface area contributed by atoms with Gasteiger partial charge < -0.3 is 14.8 Å². The number of benzene rings is 1. The Labute approximate surface area is 129 Å². The van der Waals surface area contributed by atoms with Crippen LogP contribution in [0.2, 0.25) is 0 Å². The highest BCUT2D eigenvalue weighted by atomic mass is 16.6. The van der Waals surface area contributed by atoms with Crippen LogP contribution in [0.3, 0.4) is 0 Å². The molecule has 122 valence electrons. The number of rotatable bonds is 9. The second-order valence-corrected chi connectivity index (χ2v) is 4.56. The lowest BCUT2D eigenvalue weighted by atomic mass is 10.0. The van der Waals surface area contributed by atoms with Gasteiger partial charge in [0.1, 0.15) is 6.04 Å². The Morgan fingerprint density at radius 2 is 2.05 bits per heavy atom. The van der Waals surface area contributed by atoms with Gasteiger partial charge in [0.2, 0.25) is 0 Å². The van der Waals surface area contributed by atoms with Gasteiger partial charge in [-0.1, -0.05) is 13.0 Å². The van der Waals surface area contributed by atoms with Crippen molar-refractivity contribution >= 4 is 11.7 Å². The fraction of sp³-hybridized carbons (Fsp3) is 0.533. The first kappa shape index (κ1) is 17.9. The third-order valence-corrected chi connectivity index (χ3v) is 2.98. The van der Waals surface area contributed by atoms with Crippen molar-refractivity contribution in [1.82, 2.24) is 5.32 Å². The molecule has 1 atom stereocenters. The summed E-state index contributed by atoms with van der Waals surface area (Å²) in [6.45, 7) is 6.63. The van der Waals surface area contributed by atoms with Crippen molar-refractivity contribution in [3.05, 3.63) is 33.9 Å².